The van der Waals surface area contributed by atoms with Crippen LogP contribution in [-0.2, 0) is 11.2 Å². The number of amides is 1. The van der Waals surface area contributed by atoms with Gasteiger partial charge in [-0.05, 0) is 44.4 Å². The van der Waals surface area contributed by atoms with Crippen LogP contribution >= 0.6 is 0 Å². The van der Waals surface area contributed by atoms with E-state index in [0.29, 0.717) is 13.0 Å². The molecule has 1 amide bonds. The van der Waals surface area contributed by atoms with Crippen molar-refractivity contribution < 1.29 is 9.53 Å². The average Bonchev–Trinajstić information content (AvgIpc) is 2.27. The van der Waals surface area contributed by atoms with Gasteiger partial charge in [0.25, 0.3) is 0 Å². The SMILES string of the molecule is COc1c(C)cc(CC(=O)NC(C)(C)CN)cc1C. The molecule has 4 heteroatoms. The minimum absolute atomic E-state index is 0.0144. The van der Waals surface area contributed by atoms with Crippen molar-refractivity contribution in [3.63, 3.8) is 0 Å². The van der Waals surface area contributed by atoms with Crippen molar-refractivity contribution >= 4 is 5.91 Å². The van der Waals surface area contributed by atoms with Crippen LogP contribution in [0.15, 0.2) is 12.1 Å². The zero-order valence-electron chi connectivity index (χ0n) is 12.5. The van der Waals surface area contributed by atoms with Gasteiger partial charge in [-0.1, -0.05) is 12.1 Å². The maximum absolute atomic E-state index is 12.0. The first-order chi connectivity index (χ1) is 8.79. The van der Waals surface area contributed by atoms with Crippen LogP contribution in [-0.4, -0.2) is 25.1 Å². The summed E-state index contributed by atoms with van der Waals surface area (Å²) in [4.78, 5) is 12.0. The molecular weight excluding hydrogens is 240 g/mol. The average molecular weight is 264 g/mol. The first-order valence-electron chi connectivity index (χ1n) is 6.44. The van der Waals surface area contributed by atoms with Gasteiger partial charge in [-0.25, -0.2) is 0 Å². The fourth-order valence-corrected chi connectivity index (χ4v) is 2.12. The highest BCUT2D eigenvalue weighted by Gasteiger charge is 2.18. The maximum atomic E-state index is 12.0. The predicted molar refractivity (Wildman–Crippen MR) is 77.4 cm³/mol. The second-order valence-corrected chi connectivity index (χ2v) is 5.58. The van der Waals surface area contributed by atoms with E-state index in [2.05, 4.69) is 5.32 Å². The van der Waals surface area contributed by atoms with Gasteiger partial charge >= 0.3 is 0 Å². The predicted octanol–water partition coefficient (Wildman–Crippen LogP) is 1.71. The molecule has 1 aromatic carbocycles. The topological polar surface area (TPSA) is 64.3 Å². The number of methoxy groups -OCH3 is 1. The van der Waals surface area contributed by atoms with Crippen LogP contribution in [0, 0.1) is 13.8 Å². The van der Waals surface area contributed by atoms with Crippen molar-refractivity contribution in [2.24, 2.45) is 5.73 Å². The fraction of sp³-hybridized carbons (Fsp3) is 0.533. The molecule has 3 N–H and O–H groups in total. The Morgan fingerprint density at radius 3 is 2.26 bits per heavy atom. The van der Waals surface area contributed by atoms with Crippen LogP contribution in [0.5, 0.6) is 5.75 Å². The smallest absolute Gasteiger partial charge is 0.224 e. The van der Waals surface area contributed by atoms with E-state index in [4.69, 9.17) is 10.5 Å². The zero-order chi connectivity index (χ0) is 14.6. The van der Waals surface area contributed by atoms with Gasteiger partial charge in [0.05, 0.1) is 13.5 Å². The molecule has 0 aliphatic heterocycles. The van der Waals surface area contributed by atoms with Crippen molar-refractivity contribution in [1.29, 1.82) is 0 Å². The number of carbonyl (C=O) groups is 1. The molecule has 1 rings (SSSR count). The quantitative estimate of drug-likeness (QED) is 0.851. The molecule has 0 heterocycles. The Kier molecular flexibility index (Phi) is 4.95. The van der Waals surface area contributed by atoms with E-state index < -0.39 is 0 Å². The van der Waals surface area contributed by atoms with Crippen LogP contribution in [0.2, 0.25) is 0 Å². The Morgan fingerprint density at radius 2 is 1.84 bits per heavy atom. The van der Waals surface area contributed by atoms with Crippen molar-refractivity contribution in [2.45, 2.75) is 39.7 Å². The lowest BCUT2D eigenvalue weighted by Crippen LogP contribution is -2.49. The fourth-order valence-electron chi connectivity index (χ4n) is 2.12. The summed E-state index contributed by atoms with van der Waals surface area (Å²) in [7, 11) is 1.66. The molecule has 19 heavy (non-hydrogen) atoms. The third kappa shape index (κ3) is 4.24. The van der Waals surface area contributed by atoms with E-state index in [1.807, 2.05) is 39.8 Å². The van der Waals surface area contributed by atoms with Gasteiger partial charge < -0.3 is 15.8 Å². The summed E-state index contributed by atoms with van der Waals surface area (Å²) in [6, 6.07) is 3.97. The molecule has 0 spiro atoms. The standard InChI is InChI=1S/C15H24N2O2/c1-10-6-12(7-11(2)14(10)19-5)8-13(18)17-15(3,4)9-16/h6-7H,8-9,16H2,1-5H3,(H,17,18). The highest BCUT2D eigenvalue weighted by Crippen LogP contribution is 2.24. The van der Waals surface area contributed by atoms with Crippen molar-refractivity contribution in [1.82, 2.24) is 5.32 Å². The number of nitrogens with two attached hydrogens (primary N) is 1. The lowest BCUT2D eigenvalue weighted by Gasteiger charge is -2.24. The number of hydrogen-bond acceptors (Lipinski definition) is 3. The summed E-state index contributed by atoms with van der Waals surface area (Å²) in [5, 5.41) is 2.93. The van der Waals surface area contributed by atoms with E-state index in [9.17, 15) is 4.79 Å². The number of nitrogens with one attached hydrogen (secondary N) is 1. The molecule has 1 aromatic rings. The van der Waals surface area contributed by atoms with Gasteiger partial charge in [-0.2, -0.15) is 0 Å². The Balaban J connectivity index is 2.81. The number of aryl methyl sites for hydroxylation is 2. The van der Waals surface area contributed by atoms with Gasteiger partial charge in [-0.15, -0.1) is 0 Å². The molecule has 0 radical (unpaired) electrons. The first-order valence-corrected chi connectivity index (χ1v) is 6.44. The van der Waals surface area contributed by atoms with E-state index in [0.717, 1.165) is 22.4 Å². The number of rotatable bonds is 5. The van der Waals surface area contributed by atoms with Crippen LogP contribution in [0.3, 0.4) is 0 Å². The summed E-state index contributed by atoms with van der Waals surface area (Å²) in [5.74, 6) is 0.867. The van der Waals surface area contributed by atoms with Crippen LogP contribution in [0.25, 0.3) is 0 Å². The number of hydrogen-bond donors (Lipinski definition) is 2. The van der Waals surface area contributed by atoms with E-state index in [1.54, 1.807) is 7.11 Å². The number of benzene rings is 1. The Hall–Kier alpha value is -1.55. The van der Waals surface area contributed by atoms with Gasteiger partial charge in [0.15, 0.2) is 0 Å². The van der Waals surface area contributed by atoms with Gasteiger partial charge in [0.2, 0.25) is 5.91 Å². The minimum Gasteiger partial charge on any atom is -0.496 e. The van der Waals surface area contributed by atoms with E-state index in [1.165, 1.54) is 0 Å². The molecule has 0 unspecified atom stereocenters. The summed E-state index contributed by atoms with van der Waals surface area (Å²) in [5.41, 5.74) is 8.31. The summed E-state index contributed by atoms with van der Waals surface area (Å²) in [6.07, 6.45) is 0.356. The Bertz CT molecular complexity index is 444. The molecule has 0 aliphatic rings. The largest absolute Gasteiger partial charge is 0.496 e. The first kappa shape index (κ1) is 15.5. The third-order valence-corrected chi connectivity index (χ3v) is 3.08. The monoisotopic (exact) mass is 264 g/mol. The molecule has 4 nitrogen and oxygen atoms in total. The zero-order valence-corrected chi connectivity index (χ0v) is 12.5. The maximum Gasteiger partial charge on any atom is 0.224 e. The van der Waals surface area contributed by atoms with Gasteiger partial charge in [0, 0.05) is 12.1 Å². The van der Waals surface area contributed by atoms with E-state index >= 15 is 0 Å². The molecule has 0 aromatic heterocycles. The molecule has 0 fully saturated rings. The van der Waals surface area contributed by atoms with Crippen molar-refractivity contribution in [3.05, 3.63) is 28.8 Å². The second-order valence-electron chi connectivity index (χ2n) is 5.58. The molecule has 106 valence electrons. The lowest BCUT2D eigenvalue weighted by molar-refractivity contribution is -0.121. The second kappa shape index (κ2) is 6.06. The van der Waals surface area contributed by atoms with Crippen molar-refractivity contribution in [3.8, 4) is 5.75 Å². The molecule has 0 bridgehead atoms. The van der Waals surface area contributed by atoms with Crippen LogP contribution in [0.1, 0.15) is 30.5 Å². The van der Waals surface area contributed by atoms with Crippen LogP contribution < -0.4 is 15.8 Å². The minimum atomic E-state index is -0.367. The molecule has 0 aliphatic carbocycles. The molecule has 0 saturated carbocycles. The molecule has 0 atom stereocenters. The Morgan fingerprint density at radius 1 is 1.32 bits per heavy atom. The number of ether oxygens (including phenoxy) is 1. The highest BCUT2D eigenvalue weighted by molar-refractivity contribution is 5.79. The van der Waals surface area contributed by atoms with Gasteiger partial charge in [-0.3, -0.25) is 4.79 Å². The van der Waals surface area contributed by atoms with Crippen molar-refractivity contribution in [2.75, 3.05) is 13.7 Å². The van der Waals surface area contributed by atoms with Gasteiger partial charge in [0.1, 0.15) is 5.75 Å². The highest BCUT2D eigenvalue weighted by atomic mass is 16.5. The molecule has 0 saturated heterocycles. The lowest BCUT2D eigenvalue weighted by atomic mass is 10.0. The summed E-state index contributed by atoms with van der Waals surface area (Å²) < 4.78 is 5.32. The third-order valence-electron chi connectivity index (χ3n) is 3.08. The van der Waals surface area contributed by atoms with Crippen LogP contribution in [0.4, 0.5) is 0 Å². The summed E-state index contributed by atoms with van der Waals surface area (Å²) >= 11 is 0. The number of carbonyl (C=O) groups excluding carboxylic acids is 1. The summed E-state index contributed by atoms with van der Waals surface area (Å²) in [6.45, 7) is 8.21. The molecular formula is C15H24N2O2. The normalized spacial score (nSPS) is 11.3. The Labute approximate surface area is 115 Å². The van der Waals surface area contributed by atoms with E-state index in [-0.39, 0.29) is 11.4 Å².